The summed E-state index contributed by atoms with van der Waals surface area (Å²) in [4.78, 5) is 18.6. The number of anilines is 1. The quantitative estimate of drug-likeness (QED) is 0.762. The van der Waals surface area contributed by atoms with Crippen LogP contribution in [0.1, 0.15) is 13.8 Å². The molecule has 0 aliphatic carbocycles. The zero-order valence-electron chi connectivity index (χ0n) is 15.2. The molecule has 7 nitrogen and oxygen atoms in total. The lowest BCUT2D eigenvalue weighted by Crippen LogP contribution is -2.50. The lowest BCUT2D eigenvalue weighted by molar-refractivity contribution is -0.132. The predicted molar refractivity (Wildman–Crippen MR) is 99.3 cm³/mol. The van der Waals surface area contributed by atoms with E-state index in [0.717, 1.165) is 26.2 Å². The third kappa shape index (κ3) is 4.71. The van der Waals surface area contributed by atoms with Crippen molar-refractivity contribution in [2.24, 2.45) is 0 Å². The molecule has 0 radical (unpaired) electrons. The van der Waals surface area contributed by atoms with Crippen molar-refractivity contribution in [3.8, 4) is 0 Å². The fourth-order valence-corrected chi connectivity index (χ4v) is 4.02. The minimum absolute atomic E-state index is 0.150. The molecule has 1 aromatic carbocycles. The molecule has 8 heteroatoms. The number of nitrogens with one attached hydrogen (secondary N) is 1. The second-order valence-corrected chi connectivity index (χ2v) is 7.86. The van der Waals surface area contributed by atoms with Crippen molar-refractivity contribution < 1.29 is 13.2 Å². The van der Waals surface area contributed by atoms with E-state index in [0.29, 0.717) is 30.2 Å². The van der Waals surface area contributed by atoms with E-state index in [2.05, 4.69) is 14.5 Å². The van der Waals surface area contributed by atoms with Crippen molar-refractivity contribution >= 4 is 21.6 Å². The van der Waals surface area contributed by atoms with Gasteiger partial charge in [-0.2, -0.15) is 0 Å². The molecule has 0 atom stereocenters. The number of piperazine rings is 1. The molecule has 1 fully saturated rings. The van der Waals surface area contributed by atoms with Gasteiger partial charge in [-0.15, -0.1) is 0 Å². The van der Waals surface area contributed by atoms with Crippen LogP contribution < -0.4 is 9.62 Å². The Bertz CT molecular complexity index is 681. The van der Waals surface area contributed by atoms with Crippen molar-refractivity contribution in [2.45, 2.75) is 18.7 Å². The average molecular weight is 369 g/mol. The highest BCUT2D eigenvalue weighted by Gasteiger charge is 2.25. The van der Waals surface area contributed by atoms with E-state index in [1.165, 1.54) is 7.05 Å². The van der Waals surface area contributed by atoms with Gasteiger partial charge in [-0.1, -0.05) is 12.1 Å². The Hall–Kier alpha value is -1.64. The van der Waals surface area contributed by atoms with Gasteiger partial charge in [0.1, 0.15) is 4.90 Å². The Labute approximate surface area is 150 Å². The minimum Gasteiger partial charge on any atom is -0.368 e. The molecule has 1 N–H and O–H groups in total. The second kappa shape index (κ2) is 8.64. The summed E-state index contributed by atoms with van der Waals surface area (Å²) in [5, 5.41) is 0. The normalized spacial score (nSPS) is 16.0. The van der Waals surface area contributed by atoms with Crippen molar-refractivity contribution in [2.75, 3.05) is 57.8 Å². The van der Waals surface area contributed by atoms with Crippen LogP contribution in [0.25, 0.3) is 0 Å². The van der Waals surface area contributed by atoms with Crippen molar-refractivity contribution in [1.82, 2.24) is 14.5 Å². The number of nitrogens with zero attached hydrogens (tertiary/aromatic N) is 3. The fraction of sp³-hybridized carbons (Fsp3) is 0.588. The molecule has 0 aromatic heterocycles. The largest absolute Gasteiger partial charge is 0.368 e. The van der Waals surface area contributed by atoms with Gasteiger partial charge in [-0.05, 0) is 33.0 Å². The number of hydrogen-bond donors (Lipinski definition) is 1. The van der Waals surface area contributed by atoms with E-state index in [4.69, 9.17) is 0 Å². The first-order chi connectivity index (χ1) is 11.9. The van der Waals surface area contributed by atoms with Crippen LogP contribution >= 0.6 is 0 Å². The Morgan fingerprint density at radius 1 is 1.12 bits per heavy atom. The number of carbonyl (C=O) groups is 1. The SMILES string of the molecule is CCN(CC)C(=O)CN1CCN(c2ccccc2S(=O)(=O)NC)CC1. The molecule has 0 unspecified atom stereocenters. The number of benzene rings is 1. The first-order valence-electron chi connectivity index (χ1n) is 8.70. The lowest BCUT2D eigenvalue weighted by Gasteiger charge is -2.37. The topological polar surface area (TPSA) is 73.0 Å². The molecule has 1 saturated heterocycles. The zero-order chi connectivity index (χ0) is 18.4. The molecule has 1 aliphatic heterocycles. The zero-order valence-corrected chi connectivity index (χ0v) is 16.1. The third-order valence-electron chi connectivity index (χ3n) is 4.61. The van der Waals surface area contributed by atoms with Gasteiger partial charge < -0.3 is 9.80 Å². The summed E-state index contributed by atoms with van der Waals surface area (Å²) in [5.41, 5.74) is 0.714. The number of carbonyl (C=O) groups excluding carboxylic acids is 1. The number of para-hydroxylation sites is 1. The molecule has 25 heavy (non-hydrogen) atoms. The predicted octanol–water partition coefficient (Wildman–Crippen LogP) is 0.585. The maximum atomic E-state index is 12.2. The Balaban J connectivity index is 2.03. The molecule has 1 aromatic rings. The van der Waals surface area contributed by atoms with Crippen LogP contribution in [-0.2, 0) is 14.8 Å². The standard InChI is InChI=1S/C17H28N4O3S/c1-4-20(5-2)17(22)14-19-10-12-21(13-11-19)15-8-6-7-9-16(15)25(23,24)18-3/h6-9,18H,4-5,10-14H2,1-3H3. The highest BCUT2D eigenvalue weighted by atomic mass is 32.2. The van der Waals surface area contributed by atoms with E-state index in [1.807, 2.05) is 30.9 Å². The summed E-state index contributed by atoms with van der Waals surface area (Å²) in [6.45, 7) is 8.71. The van der Waals surface area contributed by atoms with E-state index in [-0.39, 0.29) is 5.91 Å². The molecular weight excluding hydrogens is 340 g/mol. The molecule has 0 bridgehead atoms. The summed E-state index contributed by atoms with van der Waals surface area (Å²) >= 11 is 0. The molecule has 140 valence electrons. The summed E-state index contributed by atoms with van der Waals surface area (Å²) in [7, 11) is -2.08. The van der Waals surface area contributed by atoms with E-state index in [1.54, 1.807) is 12.1 Å². The first-order valence-corrected chi connectivity index (χ1v) is 10.2. The molecular formula is C17H28N4O3S. The molecule has 0 saturated carbocycles. The van der Waals surface area contributed by atoms with Crippen LogP contribution in [0.3, 0.4) is 0 Å². The van der Waals surface area contributed by atoms with Crippen LogP contribution in [0.4, 0.5) is 5.69 Å². The summed E-state index contributed by atoms with van der Waals surface area (Å²) in [6, 6.07) is 7.03. The number of sulfonamides is 1. The smallest absolute Gasteiger partial charge is 0.242 e. The van der Waals surface area contributed by atoms with Gasteiger partial charge in [0, 0.05) is 39.3 Å². The molecule has 1 amide bonds. The van der Waals surface area contributed by atoms with Crippen LogP contribution in [0.2, 0.25) is 0 Å². The molecule has 1 heterocycles. The van der Waals surface area contributed by atoms with Gasteiger partial charge in [-0.25, -0.2) is 13.1 Å². The van der Waals surface area contributed by atoms with Crippen molar-refractivity contribution in [3.63, 3.8) is 0 Å². The highest BCUT2D eigenvalue weighted by molar-refractivity contribution is 7.89. The summed E-state index contributed by atoms with van der Waals surface area (Å²) < 4.78 is 26.8. The van der Waals surface area contributed by atoms with Gasteiger partial charge >= 0.3 is 0 Å². The number of likely N-dealkylation sites (N-methyl/N-ethyl adjacent to an activating group) is 1. The van der Waals surface area contributed by atoms with Gasteiger partial charge in [0.25, 0.3) is 0 Å². The van der Waals surface area contributed by atoms with Crippen LogP contribution in [0.15, 0.2) is 29.2 Å². The van der Waals surface area contributed by atoms with Gasteiger partial charge in [-0.3, -0.25) is 9.69 Å². The summed E-state index contributed by atoms with van der Waals surface area (Å²) in [6.07, 6.45) is 0. The summed E-state index contributed by atoms with van der Waals surface area (Å²) in [5.74, 6) is 0.150. The number of amides is 1. The lowest BCUT2D eigenvalue weighted by atomic mass is 10.2. The minimum atomic E-state index is -3.49. The van der Waals surface area contributed by atoms with Crippen molar-refractivity contribution in [1.29, 1.82) is 0 Å². The maximum Gasteiger partial charge on any atom is 0.242 e. The molecule has 2 rings (SSSR count). The maximum absolute atomic E-state index is 12.2. The second-order valence-electron chi connectivity index (χ2n) is 6.00. The average Bonchev–Trinajstić information content (AvgIpc) is 2.63. The fourth-order valence-electron chi connectivity index (χ4n) is 3.07. The number of rotatable bonds is 7. The number of hydrogen-bond acceptors (Lipinski definition) is 5. The Morgan fingerprint density at radius 3 is 2.28 bits per heavy atom. The van der Waals surface area contributed by atoms with Gasteiger partial charge in [0.2, 0.25) is 15.9 Å². The molecule has 0 spiro atoms. The van der Waals surface area contributed by atoms with E-state index >= 15 is 0 Å². The molecule has 1 aliphatic rings. The van der Waals surface area contributed by atoms with Crippen molar-refractivity contribution in [3.05, 3.63) is 24.3 Å². The first kappa shape index (κ1) is 19.7. The third-order valence-corrected chi connectivity index (χ3v) is 6.07. The Kier molecular flexibility index (Phi) is 6.80. The monoisotopic (exact) mass is 368 g/mol. The van der Waals surface area contributed by atoms with Crippen LogP contribution in [0.5, 0.6) is 0 Å². The highest BCUT2D eigenvalue weighted by Crippen LogP contribution is 2.25. The van der Waals surface area contributed by atoms with Crippen LogP contribution in [0, 0.1) is 0 Å². The van der Waals surface area contributed by atoms with E-state index in [9.17, 15) is 13.2 Å². The Morgan fingerprint density at radius 2 is 1.72 bits per heavy atom. The van der Waals surface area contributed by atoms with Crippen LogP contribution in [-0.4, -0.2) is 77.0 Å². The van der Waals surface area contributed by atoms with Gasteiger partial charge in [0.05, 0.1) is 12.2 Å². The van der Waals surface area contributed by atoms with E-state index < -0.39 is 10.0 Å². The van der Waals surface area contributed by atoms with Gasteiger partial charge in [0.15, 0.2) is 0 Å².